The second-order valence-electron chi connectivity index (χ2n) is 8.83. The molecule has 1 aliphatic heterocycles. The van der Waals surface area contributed by atoms with E-state index in [0.717, 1.165) is 42.0 Å². The van der Waals surface area contributed by atoms with E-state index in [-0.39, 0.29) is 23.8 Å². The summed E-state index contributed by atoms with van der Waals surface area (Å²) < 4.78 is 21.6. The lowest BCUT2D eigenvalue weighted by atomic mass is 10.1. The minimum atomic E-state index is -0.454. The molecule has 2 atom stereocenters. The van der Waals surface area contributed by atoms with Crippen molar-refractivity contribution in [3.8, 4) is 11.4 Å². The number of imidazole rings is 1. The molecule has 2 fully saturated rings. The first-order valence-corrected chi connectivity index (χ1v) is 11.6. The van der Waals surface area contributed by atoms with Gasteiger partial charge in [0, 0.05) is 37.4 Å². The Bertz CT molecular complexity index is 1110. The summed E-state index contributed by atoms with van der Waals surface area (Å²) in [6, 6.07) is 16.6. The van der Waals surface area contributed by atoms with Crippen LogP contribution in [-0.4, -0.2) is 52.2 Å². The fourth-order valence-electron chi connectivity index (χ4n) is 4.48. The molecule has 1 saturated carbocycles. The average Bonchev–Trinajstić information content (AvgIpc) is 3.59. The number of carbonyl (C=O) groups is 1. The summed E-state index contributed by atoms with van der Waals surface area (Å²) >= 11 is 0. The summed E-state index contributed by atoms with van der Waals surface area (Å²) in [4.78, 5) is 20.3. The highest BCUT2D eigenvalue weighted by Crippen LogP contribution is 2.36. The number of amides is 1. The molecule has 5 rings (SSSR count). The van der Waals surface area contributed by atoms with E-state index in [2.05, 4.69) is 5.32 Å². The molecular weight excluding hydrogens is 419 g/mol. The van der Waals surface area contributed by atoms with E-state index < -0.39 is 6.10 Å². The van der Waals surface area contributed by atoms with Crippen molar-refractivity contribution >= 4 is 5.91 Å². The first-order valence-electron chi connectivity index (χ1n) is 11.6. The maximum atomic E-state index is 13.8. The lowest BCUT2D eigenvalue weighted by Gasteiger charge is -2.33. The van der Waals surface area contributed by atoms with Crippen LogP contribution in [0.2, 0.25) is 0 Å². The minimum Gasteiger partial charge on any atom is -0.366 e. The Morgan fingerprint density at radius 1 is 1.24 bits per heavy atom. The van der Waals surface area contributed by atoms with E-state index in [0.29, 0.717) is 19.7 Å². The topological polar surface area (TPSA) is 59.4 Å². The summed E-state index contributed by atoms with van der Waals surface area (Å²) in [6.07, 6.45) is 3.56. The molecule has 0 unspecified atom stereocenters. The van der Waals surface area contributed by atoms with E-state index in [1.807, 2.05) is 59.0 Å². The molecule has 1 amide bonds. The van der Waals surface area contributed by atoms with Crippen molar-refractivity contribution < 1.29 is 13.9 Å². The van der Waals surface area contributed by atoms with Crippen LogP contribution in [0.3, 0.4) is 0 Å². The molecular formula is C26H29FN4O2. The number of morpholine rings is 1. The number of nitrogens with zero attached hydrogens (tertiary/aromatic N) is 3. The number of hydrogen-bond acceptors (Lipinski definition) is 4. The number of aromatic nitrogens is 2. The summed E-state index contributed by atoms with van der Waals surface area (Å²) in [6.45, 7) is 4.39. The number of nitrogens with one attached hydrogen (secondary N) is 1. The first kappa shape index (κ1) is 21.8. The zero-order chi connectivity index (χ0) is 22.8. The SMILES string of the molecule is C[C@H](c1cn(Cc2cccc(F)c2)c(-c2ccccc2)n1)N(C(=O)[C@H]1CNCCO1)C1CC1. The van der Waals surface area contributed by atoms with Gasteiger partial charge in [-0.1, -0.05) is 42.5 Å². The largest absolute Gasteiger partial charge is 0.366 e. The van der Waals surface area contributed by atoms with Crippen LogP contribution < -0.4 is 5.32 Å². The van der Waals surface area contributed by atoms with Crippen LogP contribution in [0.15, 0.2) is 60.8 Å². The number of benzene rings is 2. The molecule has 2 aromatic carbocycles. The molecule has 7 heteroatoms. The van der Waals surface area contributed by atoms with Crippen LogP contribution in [-0.2, 0) is 16.1 Å². The summed E-state index contributed by atoms with van der Waals surface area (Å²) in [5.74, 6) is 0.577. The molecule has 33 heavy (non-hydrogen) atoms. The van der Waals surface area contributed by atoms with Crippen LogP contribution in [0.5, 0.6) is 0 Å². The average molecular weight is 449 g/mol. The van der Waals surface area contributed by atoms with Gasteiger partial charge in [0.15, 0.2) is 0 Å². The summed E-state index contributed by atoms with van der Waals surface area (Å²) in [5, 5.41) is 3.25. The van der Waals surface area contributed by atoms with Crippen molar-refractivity contribution in [2.24, 2.45) is 0 Å². The third-order valence-corrected chi connectivity index (χ3v) is 6.31. The molecule has 0 radical (unpaired) electrons. The van der Waals surface area contributed by atoms with Gasteiger partial charge in [-0.05, 0) is 37.5 Å². The fraction of sp³-hybridized carbons (Fsp3) is 0.385. The van der Waals surface area contributed by atoms with Crippen molar-refractivity contribution in [3.63, 3.8) is 0 Å². The predicted molar refractivity (Wildman–Crippen MR) is 124 cm³/mol. The highest BCUT2D eigenvalue weighted by molar-refractivity contribution is 5.82. The predicted octanol–water partition coefficient (Wildman–Crippen LogP) is 3.78. The maximum Gasteiger partial charge on any atom is 0.253 e. The monoisotopic (exact) mass is 448 g/mol. The second-order valence-corrected chi connectivity index (χ2v) is 8.83. The molecule has 2 heterocycles. The van der Waals surface area contributed by atoms with Gasteiger partial charge in [-0.2, -0.15) is 0 Å². The van der Waals surface area contributed by atoms with Gasteiger partial charge >= 0.3 is 0 Å². The molecule has 6 nitrogen and oxygen atoms in total. The molecule has 1 aromatic heterocycles. The van der Waals surface area contributed by atoms with Crippen molar-refractivity contribution in [2.75, 3.05) is 19.7 Å². The van der Waals surface area contributed by atoms with Crippen molar-refractivity contribution in [1.82, 2.24) is 19.8 Å². The first-order chi connectivity index (χ1) is 16.1. The van der Waals surface area contributed by atoms with Gasteiger partial charge in [-0.3, -0.25) is 4.79 Å². The lowest BCUT2D eigenvalue weighted by molar-refractivity contribution is -0.148. The van der Waals surface area contributed by atoms with Crippen LogP contribution in [0.1, 0.15) is 37.1 Å². The van der Waals surface area contributed by atoms with Gasteiger partial charge in [0.05, 0.1) is 18.3 Å². The highest BCUT2D eigenvalue weighted by atomic mass is 19.1. The van der Waals surface area contributed by atoms with E-state index in [1.54, 1.807) is 12.1 Å². The van der Waals surface area contributed by atoms with Crippen molar-refractivity contribution in [2.45, 2.75) is 44.5 Å². The summed E-state index contributed by atoms with van der Waals surface area (Å²) in [5.41, 5.74) is 2.67. The Hall–Kier alpha value is -3.03. The number of ether oxygens (including phenoxy) is 1. The van der Waals surface area contributed by atoms with Gasteiger partial charge in [0.1, 0.15) is 17.7 Å². The Kier molecular flexibility index (Phi) is 6.24. The highest BCUT2D eigenvalue weighted by Gasteiger charge is 2.40. The number of carbonyl (C=O) groups excluding carboxylic acids is 1. The normalized spacial score (nSPS) is 19.3. The molecule has 3 aromatic rings. The fourth-order valence-corrected chi connectivity index (χ4v) is 4.48. The van der Waals surface area contributed by atoms with Gasteiger partial charge in [-0.15, -0.1) is 0 Å². The van der Waals surface area contributed by atoms with E-state index >= 15 is 0 Å². The van der Waals surface area contributed by atoms with Gasteiger partial charge in [0.2, 0.25) is 0 Å². The third-order valence-electron chi connectivity index (χ3n) is 6.31. The quantitative estimate of drug-likeness (QED) is 0.598. The van der Waals surface area contributed by atoms with E-state index in [1.165, 1.54) is 6.07 Å². The van der Waals surface area contributed by atoms with E-state index in [4.69, 9.17) is 9.72 Å². The molecule has 172 valence electrons. The summed E-state index contributed by atoms with van der Waals surface area (Å²) in [7, 11) is 0. The molecule has 2 aliphatic rings. The van der Waals surface area contributed by atoms with Crippen LogP contribution in [0.4, 0.5) is 4.39 Å². The van der Waals surface area contributed by atoms with Gasteiger partial charge in [0.25, 0.3) is 5.91 Å². The van der Waals surface area contributed by atoms with E-state index in [9.17, 15) is 9.18 Å². The van der Waals surface area contributed by atoms with Crippen LogP contribution >= 0.6 is 0 Å². The van der Waals surface area contributed by atoms with Crippen LogP contribution in [0, 0.1) is 5.82 Å². The lowest BCUT2D eigenvalue weighted by Crippen LogP contribution is -2.50. The molecule has 0 bridgehead atoms. The second kappa shape index (κ2) is 9.45. The Morgan fingerprint density at radius 3 is 2.76 bits per heavy atom. The van der Waals surface area contributed by atoms with Gasteiger partial charge in [-0.25, -0.2) is 9.37 Å². The standard InChI is InChI=1S/C26H29FN4O2/c1-18(31(22-10-11-22)26(32)24-15-28-12-13-33-24)23-17-30(16-19-6-5-9-21(27)14-19)25(29-23)20-7-3-2-4-8-20/h2-9,14,17-18,22,24,28H,10-13,15-16H2,1H3/t18-,24-/m1/s1. The third kappa shape index (κ3) is 4.84. The Balaban J connectivity index is 1.47. The smallest absolute Gasteiger partial charge is 0.253 e. The zero-order valence-electron chi connectivity index (χ0n) is 18.8. The number of halogens is 1. The minimum absolute atomic E-state index is 0.0261. The maximum absolute atomic E-state index is 13.8. The Morgan fingerprint density at radius 2 is 2.06 bits per heavy atom. The van der Waals surface area contributed by atoms with Crippen molar-refractivity contribution in [1.29, 1.82) is 0 Å². The number of rotatable bonds is 7. The van der Waals surface area contributed by atoms with Crippen molar-refractivity contribution in [3.05, 3.63) is 77.9 Å². The molecule has 1 saturated heterocycles. The Labute approximate surface area is 193 Å². The van der Waals surface area contributed by atoms with Gasteiger partial charge < -0.3 is 19.5 Å². The zero-order valence-corrected chi connectivity index (χ0v) is 18.8. The molecule has 0 spiro atoms. The number of hydrogen-bond donors (Lipinski definition) is 1. The molecule has 1 N–H and O–H groups in total. The molecule has 1 aliphatic carbocycles. The van der Waals surface area contributed by atoms with Crippen LogP contribution in [0.25, 0.3) is 11.4 Å².